The zero-order valence-electron chi connectivity index (χ0n) is 29.6. The van der Waals surface area contributed by atoms with Gasteiger partial charge < -0.3 is 14.8 Å². The SMILES string of the molecule is CCCNC(=O)CCC(C)C1CC[C@H]2[C@@H]3[C@H](OC(C)=O)C[C@@H]4CC5(CC[C@]4(C)[C@H]3C[C@H](OC(C)=O)[C@]12C)OOC1(CCCCC1)OO5. The summed E-state index contributed by atoms with van der Waals surface area (Å²) in [4.78, 5) is 62.2. The van der Waals surface area contributed by atoms with Gasteiger partial charge in [-0.05, 0) is 92.8 Å². The molecule has 266 valence electrons. The van der Waals surface area contributed by atoms with Crippen LogP contribution >= 0.6 is 0 Å². The zero-order valence-corrected chi connectivity index (χ0v) is 29.6. The standard InChI is InChI=1S/C37H59NO9/c1-7-19-38-32(41)14-11-23(2)27-12-13-28-33-29(21-31(35(27,28)6)43-25(4)40)34(5)17-18-37(22-26(34)20-30(33)42-24(3)39)46-44-36(45-47-37)15-9-8-10-16-36/h23,26-31,33H,7-22H2,1-6H3,(H,38,41)/t23?,26-,27?,28+,29+,30-,31+,33+,34+,35-/m1/s1. The smallest absolute Gasteiger partial charge is 0.302 e. The molecule has 5 aliphatic carbocycles. The van der Waals surface area contributed by atoms with Gasteiger partial charge in [-0.15, -0.1) is 0 Å². The van der Waals surface area contributed by atoms with Crippen molar-refractivity contribution in [2.75, 3.05) is 6.54 Å². The van der Waals surface area contributed by atoms with E-state index < -0.39 is 11.6 Å². The molecule has 1 N–H and O–H groups in total. The molecule has 5 saturated carbocycles. The Morgan fingerprint density at radius 3 is 2.19 bits per heavy atom. The monoisotopic (exact) mass is 661 g/mol. The number of hydrogen-bond acceptors (Lipinski definition) is 9. The van der Waals surface area contributed by atoms with Crippen LogP contribution in [0.4, 0.5) is 0 Å². The van der Waals surface area contributed by atoms with Gasteiger partial charge in [0.2, 0.25) is 17.5 Å². The van der Waals surface area contributed by atoms with Crippen LogP contribution in [0, 0.1) is 46.3 Å². The predicted octanol–water partition coefficient (Wildman–Crippen LogP) is 6.94. The molecule has 6 fully saturated rings. The molecule has 10 nitrogen and oxygen atoms in total. The molecule has 6 aliphatic rings. The predicted molar refractivity (Wildman–Crippen MR) is 172 cm³/mol. The molecule has 0 aromatic carbocycles. The van der Waals surface area contributed by atoms with Crippen molar-refractivity contribution < 1.29 is 43.4 Å². The summed E-state index contributed by atoms with van der Waals surface area (Å²) in [6, 6.07) is 0. The highest BCUT2D eigenvalue weighted by Crippen LogP contribution is 2.70. The van der Waals surface area contributed by atoms with Crippen LogP contribution in [0.15, 0.2) is 0 Å². The Kier molecular flexibility index (Phi) is 10.1. The van der Waals surface area contributed by atoms with Crippen LogP contribution in [0.5, 0.6) is 0 Å². The summed E-state index contributed by atoms with van der Waals surface area (Å²) in [7, 11) is 0. The lowest BCUT2D eigenvalue weighted by atomic mass is 9.42. The van der Waals surface area contributed by atoms with Gasteiger partial charge in [0.1, 0.15) is 12.2 Å². The van der Waals surface area contributed by atoms with Gasteiger partial charge in [0.25, 0.3) is 0 Å². The number of carbonyl (C=O) groups is 3. The maximum absolute atomic E-state index is 12.7. The Balaban J connectivity index is 1.25. The molecule has 0 aromatic heterocycles. The summed E-state index contributed by atoms with van der Waals surface area (Å²) in [6.07, 6.45) is 11.9. The van der Waals surface area contributed by atoms with Gasteiger partial charge >= 0.3 is 11.9 Å². The number of rotatable bonds is 8. The second kappa shape index (κ2) is 13.5. The fourth-order valence-corrected chi connectivity index (χ4v) is 11.4. The molecular formula is C37H59NO9. The van der Waals surface area contributed by atoms with Crippen LogP contribution in [0.25, 0.3) is 0 Å². The van der Waals surface area contributed by atoms with Crippen LogP contribution < -0.4 is 5.32 Å². The van der Waals surface area contributed by atoms with E-state index in [9.17, 15) is 14.4 Å². The Labute approximate surface area is 280 Å². The van der Waals surface area contributed by atoms with Gasteiger partial charge in [-0.3, -0.25) is 14.4 Å². The maximum atomic E-state index is 12.7. The molecule has 1 saturated heterocycles. The van der Waals surface area contributed by atoms with Crippen molar-refractivity contribution in [3.63, 3.8) is 0 Å². The van der Waals surface area contributed by atoms with E-state index in [1.807, 2.05) is 0 Å². The summed E-state index contributed by atoms with van der Waals surface area (Å²) in [5, 5.41) is 3.02. The maximum Gasteiger partial charge on any atom is 0.302 e. The number of fused-ring (bicyclic) bond motifs is 5. The number of hydrogen-bond donors (Lipinski definition) is 1. The number of esters is 2. The highest BCUT2D eigenvalue weighted by molar-refractivity contribution is 5.75. The summed E-state index contributed by atoms with van der Waals surface area (Å²) in [6.45, 7) is 12.8. The van der Waals surface area contributed by atoms with Crippen LogP contribution in [0.2, 0.25) is 0 Å². The molecule has 10 heteroatoms. The van der Waals surface area contributed by atoms with E-state index in [1.165, 1.54) is 13.8 Å². The van der Waals surface area contributed by atoms with Crippen LogP contribution in [-0.4, -0.2) is 48.2 Å². The first-order valence-corrected chi connectivity index (χ1v) is 18.7. The average molecular weight is 662 g/mol. The van der Waals surface area contributed by atoms with Gasteiger partial charge in [-0.25, -0.2) is 0 Å². The lowest BCUT2D eigenvalue weighted by Crippen LogP contribution is -2.65. The Morgan fingerprint density at radius 2 is 1.53 bits per heavy atom. The fraction of sp³-hybridized carbons (Fsp3) is 0.919. The minimum atomic E-state index is -0.990. The van der Waals surface area contributed by atoms with E-state index in [0.29, 0.717) is 31.7 Å². The van der Waals surface area contributed by atoms with Gasteiger partial charge in [0, 0.05) is 63.8 Å². The third-order valence-corrected chi connectivity index (χ3v) is 13.8. The fourth-order valence-electron chi connectivity index (χ4n) is 11.4. The second-order valence-corrected chi connectivity index (χ2v) is 16.5. The average Bonchev–Trinajstić information content (AvgIpc) is 3.40. The summed E-state index contributed by atoms with van der Waals surface area (Å²) < 4.78 is 12.6. The first kappa shape index (κ1) is 35.1. The number of carbonyl (C=O) groups excluding carboxylic acids is 3. The van der Waals surface area contributed by atoms with Crippen molar-refractivity contribution >= 4 is 17.8 Å². The third kappa shape index (κ3) is 6.50. The van der Waals surface area contributed by atoms with Crippen molar-refractivity contribution in [3.8, 4) is 0 Å². The van der Waals surface area contributed by atoms with Gasteiger partial charge in [-0.2, -0.15) is 19.6 Å². The van der Waals surface area contributed by atoms with E-state index in [4.69, 9.17) is 29.0 Å². The van der Waals surface area contributed by atoms with Crippen LogP contribution in [0.3, 0.4) is 0 Å². The van der Waals surface area contributed by atoms with E-state index in [1.54, 1.807) is 0 Å². The van der Waals surface area contributed by atoms with Gasteiger partial charge in [-0.1, -0.05) is 34.1 Å². The Morgan fingerprint density at radius 1 is 0.851 bits per heavy atom. The summed E-state index contributed by atoms with van der Waals surface area (Å²) in [5.41, 5.74) is -0.380. The molecule has 1 aliphatic heterocycles. The van der Waals surface area contributed by atoms with Crippen molar-refractivity contribution in [2.45, 2.75) is 162 Å². The van der Waals surface area contributed by atoms with E-state index >= 15 is 0 Å². The molecule has 0 radical (unpaired) electrons. The molecule has 47 heavy (non-hydrogen) atoms. The molecule has 0 bridgehead atoms. The lowest BCUT2D eigenvalue weighted by Gasteiger charge is -2.65. The molecule has 1 amide bonds. The van der Waals surface area contributed by atoms with Crippen molar-refractivity contribution in [2.24, 2.45) is 46.3 Å². The molecule has 0 aromatic rings. The quantitative estimate of drug-likeness (QED) is 0.218. The summed E-state index contributed by atoms with van der Waals surface area (Å²) in [5.74, 6) is -0.935. The van der Waals surface area contributed by atoms with Crippen molar-refractivity contribution in [1.82, 2.24) is 5.32 Å². The van der Waals surface area contributed by atoms with Crippen LogP contribution in [0.1, 0.15) is 138 Å². The second-order valence-electron chi connectivity index (χ2n) is 16.5. The summed E-state index contributed by atoms with van der Waals surface area (Å²) >= 11 is 0. The minimum Gasteiger partial charge on any atom is -0.462 e. The normalized spacial score (nSPS) is 40.9. The first-order chi connectivity index (χ1) is 22.3. The van der Waals surface area contributed by atoms with Crippen molar-refractivity contribution in [3.05, 3.63) is 0 Å². The van der Waals surface area contributed by atoms with Crippen molar-refractivity contribution in [1.29, 1.82) is 0 Å². The van der Waals surface area contributed by atoms with Crippen LogP contribution in [-0.2, 0) is 43.4 Å². The largest absolute Gasteiger partial charge is 0.462 e. The van der Waals surface area contributed by atoms with E-state index in [-0.39, 0.29) is 70.5 Å². The number of ether oxygens (including phenoxy) is 2. The molecule has 1 heterocycles. The molecular weight excluding hydrogens is 602 g/mol. The van der Waals surface area contributed by atoms with Gasteiger partial charge in [0.05, 0.1) is 0 Å². The number of amides is 1. The highest BCUT2D eigenvalue weighted by Gasteiger charge is 2.69. The minimum absolute atomic E-state index is 0.0972. The van der Waals surface area contributed by atoms with E-state index in [2.05, 4.69) is 33.0 Å². The Bertz CT molecular complexity index is 1160. The Hall–Kier alpha value is -1.75. The number of nitrogens with one attached hydrogen (secondary N) is 1. The molecule has 6 rings (SSSR count). The molecule has 2 spiro atoms. The third-order valence-electron chi connectivity index (χ3n) is 13.8. The first-order valence-electron chi connectivity index (χ1n) is 18.7. The zero-order chi connectivity index (χ0) is 33.6. The highest BCUT2D eigenvalue weighted by atomic mass is 17.4. The molecule has 2 unspecified atom stereocenters. The molecule has 10 atom stereocenters. The van der Waals surface area contributed by atoms with E-state index in [0.717, 1.165) is 77.0 Å². The lowest BCUT2D eigenvalue weighted by molar-refractivity contribution is -0.665. The topological polar surface area (TPSA) is 119 Å². The van der Waals surface area contributed by atoms with Gasteiger partial charge in [0.15, 0.2) is 0 Å².